The van der Waals surface area contributed by atoms with Gasteiger partial charge in [0.2, 0.25) is 5.91 Å². The van der Waals surface area contributed by atoms with Gasteiger partial charge in [0.25, 0.3) is 0 Å². The number of carbonyl (C=O) groups excluding carboxylic acids is 2. The highest BCUT2D eigenvalue weighted by atomic mass is 16.4. The van der Waals surface area contributed by atoms with Crippen molar-refractivity contribution in [2.75, 3.05) is 0 Å². The van der Waals surface area contributed by atoms with Crippen LogP contribution in [-0.2, 0) is 30.4 Å². The molecule has 0 fully saturated rings. The van der Waals surface area contributed by atoms with E-state index in [0.29, 0.717) is 36.8 Å². The van der Waals surface area contributed by atoms with E-state index >= 15 is 0 Å². The van der Waals surface area contributed by atoms with Crippen LogP contribution in [0.1, 0.15) is 102 Å². The van der Waals surface area contributed by atoms with E-state index in [9.17, 15) is 44.4 Å². The molecule has 11 heteroatoms. The minimum Gasteiger partial charge on any atom is -0.481 e. The number of unbranched alkanes of at least 4 members (excludes halogenated alkanes) is 8. The molecule has 0 bridgehead atoms. The number of aliphatic carboxylic acids is 3. The van der Waals surface area contributed by atoms with Crippen LogP contribution in [0.3, 0.4) is 0 Å². The Morgan fingerprint density at radius 1 is 0.816 bits per heavy atom. The highest BCUT2D eigenvalue weighted by molar-refractivity contribution is 5.94. The molecular weight excluding hydrogens is 628 g/mol. The minimum atomic E-state index is -3.03. The summed E-state index contributed by atoms with van der Waals surface area (Å²) >= 11 is 0. The molecule has 264 valence electrons. The monoisotopic (exact) mass is 676 g/mol. The first-order valence-corrected chi connectivity index (χ1v) is 16.9. The summed E-state index contributed by atoms with van der Waals surface area (Å²) in [5.74, 6) is -7.76. The SMILES string of the molecule is CCCCCCCC(=O)CCCCCC/C=C/[C@@H](C(=O)N[C@@H](Cc1ccc(-c2ccc(C#N)cc2)cc1)C(=O)O)[C@@](O)(CC(=O)O)C(=O)O. The molecule has 0 aliphatic carbocycles. The molecule has 0 spiro atoms. The van der Waals surface area contributed by atoms with Gasteiger partial charge in [-0.25, -0.2) is 9.59 Å². The summed E-state index contributed by atoms with van der Waals surface area (Å²) in [6, 6.07) is 14.3. The van der Waals surface area contributed by atoms with Crippen LogP contribution < -0.4 is 5.32 Å². The predicted octanol–water partition coefficient (Wildman–Crippen LogP) is 6.07. The molecule has 5 N–H and O–H groups in total. The zero-order valence-electron chi connectivity index (χ0n) is 28.1. The van der Waals surface area contributed by atoms with Crippen molar-refractivity contribution in [1.82, 2.24) is 5.32 Å². The Hall–Kier alpha value is -4.82. The molecule has 0 saturated heterocycles. The molecule has 0 aromatic heterocycles. The van der Waals surface area contributed by atoms with Gasteiger partial charge in [0.1, 0.15) is 11.8 Å². The minimum absolute atomic E-state index is 0.170. The Balaban J connectivity index is 2.03. The lowest BCUT2D eigenvalue weighted by Gasteiger charge is -2.29. The highest BCUT2D eigenvalue weighted by Gasteiger charge is 2.49. The van der Waals surface area contributed by atoms with Gasteiger partial charge in [0.05, 0.1) is 24.0 Å². The molecule has 0 aliphatic heterocycles. The molecule has 0 aliphatic rings. The van der Waals surface area contributed by atoms with Crippen LogP contribution in [0.15, 0.2) is 60.7 Å². The fourth-order valence-corrected chi connectivity index (χ4v) is 5.50. The summed E-state index contributed by atoms with van der Waals surface area (Å²) < 4.78 is 0. The Bertz CT molecular complexity index is 1460. The van der Waals surface area contributed by atoms with Crippen molar-refractivity contribution in [1.29, 1.82) is 5.26 Å². The van der Waals surface area contributed by atoms with Gasteiger partial charge >= 0.3 is 17.9 Å². The molecule has 2 rings (SSSR count). The first kappa shape index (κ1) is 40.4. The number of rotatable bonds is 24. The van der Waals surface area contributed by atoms with Gasteiger partial charge in [-0.1, -0.05) is 94.0 Å². The first-order valence-electron chi connectivity index (χ1n) is 16.9. The van der Waals surface area contributed by atoms with Crippen molar-refractivity contribution in [3.8, 4) is 17.2 Å². The van der Waals surface area contributed by atoms with Crippen molar-refractivity contribution in [3.63, 3.8) is 0 Å². The maximum absolute atomic E-state index is 13.4. The van der Waals surface area contributed by atoms with E-state index in [1.807, 2.05) is 6.07 Å². The number of ketones is 1. The number of hydrogen-bond acceptors (Lipinski definition) is 7. The van der Waals surface area contributed by atoms with Crippen LogP contribution in [0.4, 0.5) is 0 Å². The van der Waals surface area contributed by atoms with Crippen molar-refractivity contribution < 1.29 is 44.4 Å². The standard InChI is InChI=1S/C38H48N2O9/c1-2-3-4-7-10-13-31(41)14-11-8-5-6-9-12-15-32(38(49,37(47)48)25-34(42)43)35(44)40-33(36(45)46)24-27-16-20-29(21-17-27)30-22-18-28(26-39)19-23-30/h12,15-23,32-33,49H,2-11,13-14,24-25H2,1H3,(H,40,44)(H,42,43)(H,45,46)(H,47,48)/b15-12+/t32-,33-,38-/m0/s1. The molecule has 11 nitrogen and oxygen atoms in total. The third-order valence-corrected chi connectivity index (χ3v) is 8.41. The summed E-state index contributed by atoms with van der Waals surface area (Å²) in [5.41, 5.74) is -0.320. The van der Waals surface area contributed by atoms with E-state index in [2.05, 4.69) is 12.2 Å². The second-order valence-electron chi connectivity index (χ2n) is 12.4. The van der Waals surface area contributed by atoms with E-state index in [1.165, 1.54) is 12.5 Å². The first-order chi connectivity index (χ1) is 23.4. The van der Waals surface area contributed by atoms with Crippen molar-refractivity contribution in [2.24, 2.45) is 5.92 Å². The van der Waals surface area contributed by atoms with Crippen LogP contribution in [0.5, 0.6) is 0 Å². The lowest BCUT2D eigenvalue weighted by atomic mass is 9.82. The largest absolute Gasteiger partial charge is 0.481 e. The lowest BCUT2D eigenvalue weighted by molar-refractivity contribution is -0.172. The average molecular weight is 677 g/mol. The number of carboxylic acids is 3. The molecule has 0 heterocycles. The molecular formula is C38H48N2O9. The number of nitrogens with zero attached hydrogens (tertiary/aromatic N) is 1. The Labute approximate surface area is 287 Å². The number of nitrogens with one attached hydrogen (secondary N) is 1. The van der Waals surface area contributed by atoms with Gasteiger partial charge in [0, 0.05) is 19.3 Å². The highest BCUT2D eigenvalue weighted by Crippen LogP contribution is 2.26. The fraction of sp³-hybridized carbons (Fsp3) is 0.474. The van der Waals surface area contributed by atoms with Gasteiger partial charge in [-0.05, 0) is 54.5 Å². The van der Waals surface area contributed by atoms with Crippen molar-refractivity contribution >= 4 is 29.6 Å². The van der Waals surface area contributed by atoms with Gasteiger partial charge in [-0.3, -0.25) is 14.4 Å². The zero-order valence-corrected chi connectivity index (χ0v) is 28.1. The fourth-order valence-electron chi connectivity index (χ4n) is 5.50. The summed E-state index contributed by atoms with van der Waals surface area (Å²) in [7, 11) is 0. The maximum atomic E-state index is 13.4. The summed E-state index contributed by atoms with van der Waals surface area (Å²) in [6.07, 6.45) is 11.2. The van der Waals surface area contributed by atoms with Crippen LogP contribution in [0.2, 0.25) is 0 Å². The Morgan fingerprint density at radius 3 is 1.88 bits per heavy atom. The Morgan fingerprint density at radius 2 is 1.37 bits per heavy atom. The number of hydrogen-bond donors (Lipinski definition) is 5. The number of Topliss-reactive ketones (excluding diaryl/α,β-unsaturated/α-hetero) is 1. The Kier molecular flexibility index (Phi) is 17.5. The number of nitriles is 1. The average Bonchev–Trinajstić information content (AvgIpc) is 3.07. The van der Waals surface area contributed by atoms with Crippen molar-refractivity contribution in [2.45, 2.75) is 108 Å². The van der Waals surface area contributed by atoms with Gasteiger partial charge in [-0.15, -0.1) is 0 Å². The van der Waals surface area contributed by atoms with E-state index in [1.54, 1.807) is 48.5 Å². The zero-order chi connectivity index (χ0) is 36.2. The number of amides is 1. The number of allylic oxidation sites excluding steroid dienone is 1. The number of benzene rings is 2. The van der Waals surface area contributed by atoms with Gasteiger partial charge < -0.3 is 25.7 Å². The van der Waals surface area contributed by atoms with E-state index in [-0.39, 0.29) is 12.2 Å². The van der Waals surface area contributed by atoms with Crippen LogP contribution in [-0.4, -0.2) is 61.7 Å². The molecule has 49 heavy (non-hydrogen) atoms. The molecule has 0 saturated carbocycles. The molecule has 0 radical (unpaired) electrons. The topological polar surface area (TPSA) is 202 Å². The second-order valence-corrected chi connectivity index (χ2v) is 12.4. The van der Waals surface area contributed by atoms with Crippen LogP contribution >= 0.6 is 0 Å². The maximum Gasteiger partial charge on any atom is 0.337 e. The van der Waals surface area contributed by atoms with Crippen LogP contribution in [0.25, 0.3) is 11.1 Å². The lowest BCUT2D eigenvalue weighted by Crippen LogP contribution is -2.55. The predicted molar refractivity (Wildman–Crippen MR) is 183 cm³/mol. The molecule has 0 unspecified atom stereocenters. The van der Waals surface area contributed by atoms with E-state index in [4.69, 9.17) is 5.26 Å². The number of aliphatic hydroxyl groups is 1. The summed E-state index contributed by atoms with van der Waals surface area (Å²) in [4.78, 5) is 61.2. The third-order valence-electron chi connectivity index (χ3n) is 8.41. The molecule has 3 atom stereocenters. The summed E-state index contributed by atoms with van der Waals surface area (Å²) in [6.45, 7) is 2.15. The van der Waals surface area contributed by atoms with E-state index < -0.39 is 47.8 Å². The van der Waals surface area contributed by atoms with Gasteiger partial charge in [0.15, 0.2) is 5.60 Å². The quantitative estimate of drug-likeness (QED) is 0.0641. The smallest absolute Gasteiger partial charge is 0.337 e. The molecule has 2 aromatic carbocycles. The van der Waals surface area contributed by atoms with E-state index in [0.717, 1.165) is 62.1 Å². The normalized spacial score (nSPS) is 13.6. The summed E-state index contributed by atoms with van der Waals surface area (Å²) in [5, 5.41) is 51.2. The third kappa shape index (κ3) is 14.1. The van der Waals surface area contributed by atoms with Crippen molar-refractivity contribution in [3.05, 3.63) is 71.8 Å². The second kappa shape index (κ2) is 21.2. The molecule has 1 amide bonds. The molecule has 2 aromatic rings. The number of carbonyl (C=O) groups is 5. The van der Waals surface area contributed by atoms with Gasteiger partial charge in [-0.2, -0.15) is 5.26 Å². The van der Waals surface area contributed by atoms with Crippen LogP contribution in [0, 0.1) is 17.2 Å². The number of carboxylic acid groups (broad SMARTS) is 3.